The maximum absolute atomic E-state index is 2.42. The summed E-state index contributed by atoms with van der Waals surface area (Å²) >= 11 is 0. The van der Waals surface area contributed by atoms with E-state index in [9.17, 15) is 0 Å². The zero-order valence-corrected chi connectivity index (χ0v) is 10.4. The summed E-state index contributed by atoms with van der Waals surface area (Å²) in [6.45, 7) is 3.15. The van der Waals surface area contributed by atoms with Gasteiger partial charge in [-0.3, -0.25) is 0 Å². The highest BCUT2D eigenvalue weighted by Gasteiger charge is 2.27. The van der Waals surface area contributed by atoms with Gasteiger partial charge >= 0.3 is 0 Å². The number of fused-ring (bicyclic) bond motifs is 5. The molecule has 1 aliphatic heterocycles. The Kier molecular flexibility index (Phi) is 1.87. The fourth-order valence-corrected chi connectivity index (χ4v) is 2.94. The fourth-order valence-electron chi connectivity index (χ4n) is 2.94. The SMILES string of the molecule is Cc1ccc2c(c1)C[n+]1c-2ccc2ccccc21. The lowest BCUT2D eigenvalue weighted by molar-refractivity contribution is -0.645. The first kappa shape index (κ1) is 9.84. The van der Waals surface area contributed by atoms with E-state index in [2.05, 4.69) is 66.1 Å². The van der Waals surface area contributed by atoms with Crippen molar-refractivity contribution in [3.8, 4) is 11.3 Å². The van der Waals surface area contributed by atoms with Crippen LogP contribution in [0.2, 0.25) is 0 Å². The molecule has 2 aromatic carbocycles. The summed E-state index contributed by atoms with van der Waals surface area (Å²) in [4.78, 5) is 0. The zero-order valence-electron chi connectivity index (χ0n) is 10.4. The molecule has 1 aromatic heterocycles. The van der Waals surface area contributed by atoms with Crippen molar-refractivity contribution in [3.63, 3.8) is 0 Å². The van der Waals surface area contributed by atoms with Crippen molar-refractivity contribution >= 4 is 10.9 Å². The molecule has 86 valence electrons. The van der Waals surface area contributed by atoms with Crippen LogP contribution >= 0.6 is 0 Å². The lowest BCUT2D eigenvalue weighted by atomic mass is 10.0. The minimum absolute atomic E-state index is 0.994. The molecule has 0 saturated carbocycles. The Morgan fingerprint density at radius 1 is 0.944 bits per heavy atom. The number of aryl methyl sites for hydroxylation is 1. The zero-order chi connectivity index (χ0) is 12.1. The second-order valence-electron chi connectivity index (χ2n) is 5.02. The number of hydrogen-bond donors (Lipinski definition) is 0. The van der Waals surface area contributed by atoms with Crippen LogP contribution in [0.5, 0.6) is 0 Å². The molecule has 0 atom stereocenters. The minimum atomic E-state index is 0.994. The molecular weight excluding hydrogens is 218 g/mol. The van der Waals surface area contributed by atoms with Gasteiger partial charge in [-0.25, -0.2) is 0 Å². The number of benzene rings is 2. The van der Waals surface area contributed by atoms with E-state index in [-0.39, 0.29) is 0 Å². The highest BCUT2D eigenvalue weighted by Crippen LogP contribution is 2.29. The highest BCUT2D eigenvalue weighted by atomic mass is 15.0. The first-order valence-electron chi connectivity index (χ1n) is 6.34. The second-order valence-corrected chi connectivity index (χ2v) is 5.02. The maximum atomic E-state index is 2.42. The van der Waals surface area contributed by atoms with Crippen LogP contribution < -0.4 is 4.57 Å². The van der Waals surface area contributed by atoms with Gasteiger partial charge in [-0.1, -0.05) is 23.8 Å². The van der Waals surface area contributed by atoms with Crippen LogP contribution in [-0.2, 0) is 6.54 Å². The third-order valence-corrected chi connectivity index (χ3v) is 3.80. The van der Waals surface area contributed by atoms with Crippen molar-refractivity contribution in [2.24, 2.45) is 0 Å². The number of para-hydroxylation sites is 1. The van der Waals surface area contributed by atoms with Gasteiger partial charge in [0.05, 0.1) is 5.56 Å². The molecule has 4 rings (SSSR count). The Hall–Kier alpha value is -2.15. The van der Waals surface area contributed by atoms with Crippen LogP contribution in [0.3, 0.4) is 0 Å². The van der Waals surface area contributed by atoms with Gasteiger partial charge in [-0.15, -0.1) is 0 Å². The normalized spacial score (nSPS) is 12.5. The maximum Gasteiger partial charge on any atom is 0.213 e. The smallest absolute Gasteiger partial charge is 0.187 e. The Bertz CT molecular complexity index is 772. The second kappa shape index (κ2) is 3.42. The molecule has 1 heteroatoms. The fraction of sp³-hybridized carbons (Fsp3) is 0.118. The molecule has 0 unspecified atom stereocenters. The Morgan fingerprint density at radius 2 is 1.83 bits per heavy atom. The van der Waals surface area contributed by atoms with E-state index in [0.717, 1.165) is 6.54 Å². The number of nitrogens with zero attached hydrogens (tertiary/aromatic N) is 1. The molecular formula is C17H14N+. The topological polar surface area (TPSA) is 3.88 Å². The van der Waals surface area contributed by atoms with E-state index in [1.807, 2.05) is 0 Å². The summed E-state index contributed by atoms with van der Waals surface area (Å²) in [6, 6.07) is 19.8. The van der Waals surface area contributed by atoms with Crippen molar-refractivity contribution < 1.29 is 4.57 Å². The van der Waals surface area contributed by atoms with Crippen LogP contribution in [0.1, 0.15) is 11.1 Å². The molecule has 0 saturated heterocycles. The third-order valence-electron chi connectivity index (χ3n) is 3.80. The van der Waals surface area contributed by atoms with Gasteiger partial charge < -0.3 is 0 Å². The largest absolute Gasteiger partial charge is 0.213 e. The van der Waals surface area contributed by atoms with Crippen LogP contribution in [0.15, 0.2) is 54.6 Å². The van der Waals surface area contributed by atoms with Crippen LogP contribution in [0, 0.1) is 6.92 Å². The molecule has 3 aromatic rings. The average Bonchev–Trinajstić information content (AvgIpc) is 2.76. The molecule has 1 nitrogen and oxygen atoms in total. The number of aromatic nitrogens is 1. The molecule has 0 N–H and O–H groups in total. The van der Waals surface area contributed by atoms with Gasteiger partial charge in [0.1, 0.15) is 0 Å². The minimum Gasteiger partial charge on any atom is -0.187 e. The quantitative estimate of drug-likeness (QED) is 0.409. The summed E-state index contributed by atoms with van der Waals surface area (Å²) in [7, 11) is 0. The molecule has 18 heavy (non-hydrogen) atoms. The van der Waals surface area contributed by atoms with Gasteiger partial charge in [0.15, 0.2) is 6.54 Å². The van der Waals surface area contributed by atoms with Gasteiger partial charge in [-0.2, -0.15) is 4.57 Å². The van der Waals surface area contributed by atoms with Crippen LogP contribution in [0.25, 0.3) is 22.2 Å². The number of pyridine rings is 1. The van der Waals surface area contributed by atoms with E-state index >= 15 is 0 Å². The summed E-state index contributed by atoms with van der Waals surface area (Å²) in [5, 5.41) is 1.31. The van der Waals surface area contributed by atoms with E-state index in [0.29, 0.717) is 0 Å². The summed E-state index contributed by atoms with van der Waals surface area (Å²) in [5.74, 6) is 0. The molecule has 0 radical (unpaired) electrons. The van der Waals surface area contributed by atoms with Gasteiger partial charge in [0.2, 0.25) is 11.2 Å². The first-order valence-corrected chi connectivity index (χ1v) is 6.34. The van der Waals surface area contributed by atoms with E-state index in [4.69, 9.17) is 0 Å². The van der Waals surface area contributed by atoms with Crippen molar-refractivity contribution in [1.82, 2.24) is 0 Å². The highest BCUT2D eigenvalue weighted by molar-refractivity contribution is 5.78. The average molecular weight is 232 g/mol. The van der Waals surface area contributed by atoms with Crippen molar-refractivity contribution in [3.05, 3.63) is 65.7 Å². The molecule has 1 aliphatic rings. The Morgan fingerprint density at radius 3 is 2.78 bits per heavy atom. The summed E-state index contributed by atoms with van der Waals surface area (Å²) in [5.41, 5.74) is 6.82. The lowest BCUT2D eigenvalue weighted by Gasteiger charge is -1.98. The van der Waals surface area contributed by atoms with Crippen molar-refractivity contribution in [2.75, 3.05) is 0 Å². The molecule has 2 heterocycles. The predicted molar refractivity (Wildman–Crippen MR) is 73.4 cm³/mol. The van der Waals surface area contributed by atoms with Crippen molar-refractivity contribution in [2.45, 2.75) is 13.5 Å². The Labute approximate surface area is 106 Å². The standard InChI is InChI=1S/C17H14N/c1-12-6-8-15-14(10-12)11-18-16-5-3-2-4-13(16)7-9-17(15)18/h2-10H,11H2,1H3/q+1. The van der Waals surface area contributed by atoms with E-state index in [1.165, 1.54) is 33.3 Å². The molecule has 0 amide bonds. The molecule has 0 bridgehead atoms. The summed E-state index contributed by atoms with van der Waals surface area (Å²) < 4.78 is 2.42. The van der Waals surface area contributed by atoms with E-state index in [1.54, 1.807) is 0 Å². The molecule has 0 spiro atoms. The Balaban J connectivity index is 2.06. The van der Waals surface area contributed by atoms with Crippen LogP contribution in [-0.4, -0.2) is 0 Å². The van der Waals surface area contributed by atoms with Gasteiger partial charge in [0, 0.05) is 23.1 Å². The first-order chi connectivity index (χ1) is 8.83. The molecule has 0 fully saturated rings. The predicted octanol–water partition coefficient (Wildman–Crippen LogP) is 3.46. The number of rotatable bonds is 0. The van der Waals surface area contributed by atoms with Crippen LogP contribution in [0.4, 0.5) is 0 Å². The van der Waals surface area contributed by atoms with Gasteiger partial charge in [-0.05, 0) is 31.2 Å². The summed E-state index contributed by atoms with van der Waals surface area (Å²) in [6.07, 6.45) is 0. The number of hydrogen-bond acceptors (Lipinski definition) is 0. The van der Waals surface area contributed by atoms with E-state index < -0.39 is 0 Å². The third kappa shape index (κ3) is 1.25. The lowest BCUT2D eigenvalue weighted by Crippen LogP contribution is -2.33. The van der Waals surface area contributed by atoms with Gasteiger partial charge in [0.25, 0.3) is 0 Å². The van der Waals surface area contributed by atoms with Crippen molar-refractivity contribution in [1.29, 1.82) is 0 Å². The monoisotopic (exact) mass is 232 g/mol. The molecule has 0 aliphatic carbocycles.